The summed E-state index contributed by atoms with van der Waals surface area (Å²) >= 11 is 12.7. The summed E-state index contributed by atoms with van der Waals surface area (Å²) in [4.78, 5) is 0.291. The summed E-state index contributed by atoms with van der Waals surface area (Å²) in [7, 11) is -1.86. The Bertz CT molecular complexity index is 615. The van der Waals surface area contributed by atoms with Crippen LogP contribution in [-0.4, -0.2) is 31.7 Å². The van der Waals surface area contributed by atoms with Gasteiger partial charge in [0.05, 0.1) is 4.90 Å². The molecule has 3 nitrogen and oxygen atoms in total. The predicted octanol–water partition coefficient (Wildman–Crippen LogP) is 4.16. The SMILES string of the molecule is Cc1cc(Br)c(S(=O)(=O)N(C)CC2CC(Cl)C2)cc1Br. The number of alkyl halides is 1. The number of nitrogens with zero attached hydrogens (tertiary/aromatic N) is 1. The smallest absolute Gasteiger partial charge is 0.207 e. The van der Waals surface area contributed by atoms with E-state index in [1.54, 1.807) is 13.1 Å². The number of sulfonamides is 1. The summed E-state index contributed by atoms with van der Waals surface area (Å²) in [5, 5.41) is 0.205. The molecule has 0 radical (unpaired) electrons. The van der Waals surface area contributed by atoms with Crippen molar-refractivity contribution in [3.05, 3.63) is 26.6 Å². The lowest BCUT2D eigenvalue weighted by molar-refractivity contribution is 0.268. The second-order valence-electron chi connectivity index (χ2n) is 5.25. The molecule has 7 heteroatoms. The van der Waals surface area contributed by atoms with Gasteiger partial charge in [-0.1, -0.05) is 15.9 Å². The van der Waals surface area contributed by atoms with Crippen molar-refractivity contribution in [2.24, 2.45) is 5.92 Å². The van der Waals surface area contributed by atoms with Crippen molar-refractivity contribution in [2.45, 2.75) is 30.0 Å². The Hall–Kier alpha value is 0.380. The Morgan fingerprint density at radius 3 is 2.45 bits per heavy atom. The molecule has 20 heavy (non-hydrogen) atoms. The van der Waals surface area contributed by atoms with Crippen LogP contribution in [0.25, 0.3) is 0 Å². The highest BCUT2D eigenvalue weighted by molar-refractivity contribution is 9.11. The fraction of sp³-hybridized carbons (Fsp3) is 0.538. The maximum atomic E-state index is 12.6. The Kier molecular flexibility index (Phi) is 5.23. The predicted molar refractivity (Wildman–Crippen MR) is 88.8 cm³/mol. The van der Waals surface area contributed by atoms with Gasteiger partial charge >= 0.3 is 0 Å². The van der Waals surface area contributed by atoms with Crippen LogP contribution in [0.5, 0.6) is 0 Å². The zero-order valence-corrected chi connectivity index (χ0v) is 16.0. The van der Waals surface area contributed by atoms with E-state index >= 15 is 0 Å². The molecule has 2 rings (SSSR count). The van der Waals surface area contributed by atoms with Crippen LogP contribution in [0, 0.1) is 12.8 Å². The molecule has 0 amide bonds. The van der Waals surface area contributed by atoms with E-state index in [0.717, 1.165) is 22.9 Å². The molecule has 0 heterocycles. The number of hydrogen-bond acceptors (Lipinski definition) is 2. The van der Waals surface area contributed by atoms with Gasteiger partial charge < -0.3 is 0 Å². The van der Waals surface area contributed by atoms with Gasteiger partial charge in [0.2, 0.25) is 10.0 Å². The molecule has 0 atom stereocenters. The van der Waals surface area contributed by atoms with Crippen LogP contribution in [0.1, 0.15) is 18.4 Å². The van der Waals surface area contributed by atoms with Crippen molar-refractivity contribution >= 4 is 53.5 Å². The van der Waals surface area contributed by atoms with E-state index in [1.165, 1.54) is 4.31 Å². The van der Waals surface area contributed by atoms with Gasteiger partial charge in [0.1, 0.15) is 0 Å². The molecule has 1 aromatic carbocycles. The molecule has 0 unspecified atom stereocenters. The standard InChI is InChI=1S/C13H16Br2ClNO2S/c1-8-3-12(15)13(6-11(8)14)20(18,19)17(2)7-9-4-10(16)5-9/h3,6,9-10H,4-5,7H2,1-2H3. The van der Waals surface area contributed by atoms with Gasteiger partial charge in [-0.2, -0.15) is 0 Å². The lowest BCUT2D eigenvalue weighted by Crippen LogP contribution is -2.38. The van der Waals surface area contributed by atoms with Crippen LogP contribution in [0.3, 0.4) is 0 Å². The van der Waals surface area contributed by atoms with Gasteiger partial charge in [-0.25, -0.2) is 12.7 Å². The average Bonchev–Trinajstić information content (AvgIpc) is 2.31. The Morgan fingerprint density at radius 1 is 1.30 bits per heavy atom. The van der Waals surface area contributed by atoms with E-state index in [-0.39, 0.29) is 5.38 Å². The summed E-state index contributed by atoms with van der Waals surface area (Å²) in [6, 6.07) is 3.46. The Morgan fingerprint density at radius 2 is 1.90 bits per heavy atom. The van der Waals surface area contributed by atoms with Crippen LogP contribution in [-0.2, 0) is 10.0 Å². The van der Waals surface area contributed by atoms with Crippen LogP contribution < -0.4 is 0 Å². The second kappa shape index (κ2) is 6.24. The van der Waals surface area contributed by atoms with Crippen LogP contribution in [0.2, 0.25) is 0 Å². The number of hydrogen-bond donors (Lipinski definition) is 0. The highest BCUT2D eigenvalue weighted by atomic mass is 79.9. The van der Waals surface area contributed by atoms with E-state index < -0.39 is 10.0 Å². The summed E-state index contributed by atoms with van der Waals surface area (Å²) in [5.41, 5.74) is 0.988. The van der Waals surface area contributed by atoms with Gasteiger partial charge in [-0.05, 0) is 59.3 Å². The minimum Gasteiger partial charge on any atom is -0.207 e. The fourth-order valence-corrected chi connectivity index (χ4v) is 5.64. The molecule has 1 fully saturated rings. The summed E-state index contributed by atoms with van der Waals surface area (Å²) < 4.78 is 28.0. The minimum atomic E-state index is -3.48. The van der Waals surface area contributed by atoms with Crippen LogP contribution >= 0.6 is 43.5 Å². The topological polar surface area (TPSA) is 37.4 Å². The molecular formula is C13H16Br2ClNO2S. The third kappa shape index (κ3) is 3.40. The van der Waals surface area contributed by atoms with Gasteiger partial charge in [-0.15, -0.1) is 11.6 Å². The minimum absolute atomic E-state index is 0.205. The van der Waals surface area contributed by atoms with Gasteiger partial charge in [0.25, 0.3) is 0 Å². The van der Waals surface area contributed by atoms with E-state index in [4.69, 9.17) is 11.6 Å². The number of benzene rings is 1. The monoisotopic (exact) mass is 443 g/mol. The molecule has 0 aliphatic heterocycles. The molecule has 0 aromatic heterocycles. The van der Waals surface area contributed by atoms with E-state index in [9.17, 15) is 8.42 Å². The van der Waals surface area contributed by atoms with Crippen molar-refractivity contribution in [1.29, 1.82) is 0 Å². The zero-order valence-electron chi connectivity index (χ0n) is 11.2. The third-order valence-electron chi connectivity index (χ3n) is 3.59. The number of rotatable bonds is 4. The van der Waals surface area contributed by atoms with Crippen molar-refractivity contribution in [2.75, 3.05) is 13.6 Å². The summed E-state index contributed by atoms with van der Waals surface area (Å²) in [6.07, 6.45) is 1.78. The fourth-order valence-electron chi connectivity index (χ4n) is 2.26. The van der Waals surface area contributed by atoms with E-state index in [0.29, 0.717) is 21.8 Å². The quantitative estimate of drug-likeness (QED) is 0.653. The highest BCUT2D eigenvalue weighted by Gasteiger charge is 2.32. The molecule has 1 aromatic rings. The number of halogens is 3. The van der Waals surface area contributed by atoms with Crippen molar-refractivity contribution in [3.8, 4) is 0 Å². The number of aryl methyl sites for hydroxylation is 1. The molecule has 1 aliphatic rings. The van der Waals surface area contributed by atoms with E-state index in [1.807, 2.05) is 13.0 Å². The largest absolute Gasteiger partial charge is 0.243 e. The third-order valence-corrected chi connectivity index (χ3v) is 7.59. The Labute approximate surface area is 142 Å². The molecule has 0 N–H and O–H groups in total. The molecule has 0 saturated heterocycles. The molecule has 112 valence electrons. The molecule has 1 aliphatic carbocycles. The lowest BCUT2D eigenvalue weighted by Gasteiger charge is -2.33. The molecular weight excluding hydrogens is 429 g/mol. The van der Waals surface area contributed by atoms with Crippen molar-refractivity contribution in [1.82, 2.24) is 4.31 Å². The van der Waals surface area contributed by atoms with Crippen molar-refractivity contribution in [3.63, 3.8) is 0 Å². The van der Waals surface area contributed by atoms with Crippen LogP contribution in [0.4, 0.5) is 0 Å². The first kappa shape index (κ1) is 16.7. The summed E-state index contributed by atoms with van der Waals surface area (Å²) in [6.45, 7) is 2.44. The maximum Gasteiger partial charge on any atom is 0.243 e. The zero-order chi connectivity index (χ0) is 15.1. The van der Waals surface area contributed by atoms with Crippen LogP contribution in [0.15, 0.2) is 26.0 Å². The van der Waals surface area contributed by atoms with Gasteiger partial charge in [-0.3, -0.25) is 0 Å². The normalized spacial score (nSPS) is 22.9. The summed E-state index contributed by atoms with van der Waals surface area (Å²) in [5.74, 6) is 0.366. The first-order valence-corrected chi connectivity index (χ1v) is 9.74. The highest BCUT2D eigenvalue weighted by Crippen LogP contribution is 2.35. The Balaban J connectivity index is 2.23. The average molecular weight is 446 g/mol. The van der Waals surface area contributed by atoms with E-state index in [2.05, 4.69) is 31.9 Å². The maximum absolute atomic E-state index is 12.6. The first-order valence-electron chi connectivity index (χ1n) is 6.28. The van der Waals surface area contributed by atoms with Gasteiger partial charge in [0.15, 0.2) is 0 Å². The molecule has 0 spiro atoms. The lowest BCUT2D eigenvalue weighted by atomic mass is 9.85. The van der Waals surface area contributed by atoms with Gasteiger partial charge in [0, 0.05) is 27.9 Å². The second-order valence-corrected chi connectivity index (χ2v) is 9.59. The molecule has 0 bridgehead atoms. The first-order chi connectivity index (χ1) is 9.21. The molecule has 1 saturated carbocycles. The van der Waals surface area contributed by atoms with Crippen molar-refractivity contribution < 1.29 is 8.42 Å².